The summed E-state index contributed by atoms with van der Waals surface area (Å²) in [6.45, 7) is 1.71. The summed E-state index contributed by atoms with van der Waals surface area (Å²) < 4.78 is 23.7. The summed E-state index contributed by atoms with van der Waals surface area (Å²) in [5.41, 5.74) is 0.806. The summed E-state index contributed by atoms with van der Waals surface area (Å²) in [5, 5.41) is 2.81. The Morgan fingerprint density at radius 2 is 1.35 bits per heavy atom. The van der Waals surface area contributed by atoms with Crippen molar-refractivity contribution in [1.29, 1.82) is 0 Å². The summed E-state index contributed by atoms with van der Waals surface area (Å²) in [6, 6.07) is 23.8. The number of urea groups is 1. The van der Waals surface area contributed by atoms with Crippen LogP contribution >= 0.6 is 0 Å². The van der Waals surface area contributed by atoms with Crippen LogP contribution < -0.4 is 5.32 Å². The third-order valence-corrected chi connectivity index (χ3v) is 7.32. The molecule has 1 unspecified atom stereocenters. The van der Waals surface area contributed by atoms with Crippen LogP contribution in [-0.2, 0) is 18.9 Å². The van der Waals surface area contributed by atoms with Crippen LogP contribution in [0.4, 0.5) is 4.79 Å². The van der Waals surface area contributed by atoms with Gasteiger partial charge in [-0.2, -0.15) is 0 Å². The number of esters is 3. The molecule has 46 heavy (non-hydrogen) atoms. The molecule has 5 atom stereocenters. The lowest BCUT2D eigenvalue weighted by atomic mass is 10.1. The Labute approximate surface area is 267 Å². The SMILES string of the molecule is CCCCC#CC1C=CN([C@@H]2O[C@H](COC(=O)c3ccccc3)[C@H](OC(=O)c3ccccc3)[C@@H]2OC(=O)c2ccccc2)C(=O)N1. The van der Waals surface area contributed by atoms with Gasteiger partial charge in [0.2, 0.25) is 0 Å². The lowest BCUT2D eigenvalue weighted by molar-refractivity contribution is -0.0733. The number of benzene rings is 3. The Hall–Kier alpha value is -5.40. The highest BCUT2D eigenvalue weighted by Gasteiger charge is 2.53. The molecule has 1 N–H and O–H groups in total. The number of hydrogen-bond donors (Lipinski definition) is 1. The standard InChI is InChI=1S/C36H34N2O8/c1-2-3-4-14-21-28-22-23-38(36(42)37-28)32-31(46-35(41)27-19-12-7-13-20-27)30(45-34(40)26-17-10-6-11-18-26)29(44-32)24-43-33(39)25-15-8-5-9-16-25/h5-13,15-20,22-23,28-32H,2-4,24H2,1H3,(H,37,42)/t28?,29-,30+,31+,32-/m1/s1. The van der Waals surface area contributed by atoms with Gasteiger partial charge in [0.05, 0.1) is 16.7 Å². The van der Waals surface area contributed by atoms with Gasteiger partial charge in [-0.15, -0.1) is 5.92 Å². The number of nitrogens with zero attached hydrogens (tertiary/aromatic N) is 1. The van der Waals surface area contributed by atoms with Gasteiger partial charge in [-0.1, -0.05) is 73.9 Å². The summed E-state index contributed by atoms with van der Waals surface area (Å²) in [7, 11) is 0. The Kier molecular flexibility index (Phi) is 10.8. The Balaban J connectivity index is 1.45. The maximum Gasteiger partial charge on any atom is 0.338 e. The number of hydrogen-bond acceptors (Lipinski definition) is 8. The summed E-state index contributed by atoms with van der Waals surface area (Å²) in [4.78, 5) is 54.0. The molecule has 3 aromatic rings. The number of unbranched alkanes of at least 4 members (excludes halogenated alkanes) is 2. The molecule has 2 aliphatic rings. The number of amides is 2. The van der Waals surface area contributed by atoms with Crippen LogP contribution in [0.3, 0.4) is 0 Å². The van der Waals surface area contributed by atoms with Crippen LogP contribution in [-0.4, -0.2) is 66.0 Å². The predicted octanol–water partition coefficient (Wildman–Crippen LogP) is 5.12. The van der Waals surface area contributed by atoms with Gasteiger partial charge in [0.1, 0.15) is 18.8 Å². The molecule has 0 radical (unpaired) electrons. The molecule has 0 spiro atoms. The molecule has 0 bridgehead atoms. The molecular weight excluding hydrogens is 588 g/mol. The first kappa shape index (κ1) is 32.0. The molecule has 236 valence electrons. The largest absolute Gasteiger partial charge is 0.459 e. The predicted molar refractivity (Wildman–Crippen MR) is 167 cm³/mol. The minimum Gasteiger partial charge on any atom is -0.459 e. The first-order valence-electron chi connectivity index (χ1n) is 15.1. The molecule has 2 heterocycles. The van der Waals surface area contributed by atoms with Gasteiger partial charge in [-0.05, 0) is 48.9 Å². The van der Waals surface area contributed by atoms with Crippen LogP contribution in [0.5, 0.6) is 0 Å². The van der Waals surface area contributed by atoms with Crippen LogP contribution in [0.1, 0.15) is 57.3 Å². The van der Waals surface area contributed by atoms with Gasteiger partial charge >= 0.3 is 23.9 Å². The molecular formula is C36H34N2O8. The number of rotatable bonds is 10. The smallest absolute Gasteiger partial charge is 0.338 e. The second-order valence-corrected chi connectivity index (χ2v) is 10.6. The maximum atomic E-state index is 13.4. The first-order chi connectivity index (χ1) is 22.4. The van der Waals surface area contributed by atoms with Crippen molar-refractivity contribution in [2.45, 2.75) is 56.8 Å². The van der Waals surface area contributed by atoms with E-state index in [9.17, 15) is 19.2 Å². The maximum absolute atomic E-state index is 13.4. The lowest BCUT2D eigenvalue weighted by Crippen LogP contribution is -2.54. The monoisotopic (exact) mass is 622 g/mol. The number of ether oxygens (including phenoxy) is 4. The van der Waals surface area contributed by atoms with E-state index in [0.717, 1.165) is 12.8 Å². The highest BCUT2D eigenvalue weighted by atomic mass is 16.7. The molecule has 10 heteroatoms. The summed E-state index contributed by atoms with van der Waals surface area (Å²) in [5.74, 6) is 4.03. The summed E-state index contributed by atoms with van der Waals surface area (Å²) in [6.07, 6.45) is 0.946. The fourth-order valence-electron chi connectivity index (χ4n) is 4.92. The molecule has 1 fully saturated rings. The third-order valence-electron chi connectivity index (χ3n) is 7.32. The number of carbonyl (C=O) groups is 4. The number of carbonyl (C=O) groups excluding carboxylic acids is 4. The van der Waals surface area contributed by atoms with Gasteiger partial charge in [0.15, 0.2) is 18.4 Å². The van der Waals surface area contributed by atoms with E-state index in [-0.39, 0.29) is 17.7 Å². The van der Waals surface area contributed by atoms with Crippen molar-refractivity contribution in [3.63, 3.8) is 0 Å². The third kappa shape index (κ3) is 8.00. The van der Waals surface area contributed by atoms with Crippen molar-refractivity contribution in [1.82, 2.24) is 10.2 Å². The molecule has 1 saturated heterocycles. The fraction of sp³-hybridized carbons (Fsp3) is 0.278. The van der Waals surface area contributed by atoms with Crippen molar-refractivity contribution in [3.05, 3.63) is 120 Å². The van der Waals surface area contributed by atoms with E-state index in [1.54, 1.807) is 97.1 Å². The molecule has 10 nitrogen and oxygen atoms in total. The van der Waals surface area contributed by atoms with E-state index in [0.29, 0.717) is 12.0 Å². The van der Waals surface area contributed by atoms with Crippen molar-refractivity contribution >= 4 is 23.9 Å². The van der Waals surface area contributed by atoms with Gasteiger partial charge in [0.25, 0.3) is 0 Å². The Bertz CT molecular complexity index is 1600. The van der Waals surface area contributed by atoms with Gasteiger partial charge in [0, 0.05) is 12.6 Å². The zero-order valence-electron chi connectivity index (χ0n) is 25.2. The zero-order chi connectivity index (χ0) is 32.3. The minimum absolute atomic E-state index is 0.245. The van der Waals surface area contributed by atoms with E-state index in [1.807, 2.05) is 0 Å². The van der Waals surface area contributed by atoms with Crippen LogP contribution in [0.2, 0.25) is 0 Å². The van der Waals surface area contributed by atoms with Crippen LogP contribution in [0.15, 0.2) is 103 Å². The zero-order valence-corrected chi connectivity index (χ0v) is 25.2. The highest BCUT2D eigenvalue weighted by molar-refractivity contribution is 5.91. The molecule has 0 aromatic heterocycles. The van der Waals surface area contributed by atoms with E-state index >= 15 is 0 Å². The lowest BCUT2D eigenvalue weighted by Gasteiger charge is -2.32. The number of nitrogens with one attached hydrogen (secondary N) is 1. The normalized spacial score (nSPS) is 21.8. The van der Waals surface area contributed by atoms with Crippen molar-refractivity contribution in [3.8, 4) is 11.8 Å². The van der Waals surface area contributed by atoms with Crippen molar-refractivity contribution in [2.75, 3.05) is 6.61 Å². The van der Waals surface area contributed by atoms with Crippen molar-refractivity contribution < 1.29 is 38.1 Å². The summed E-state index contributed by atoms with van der Waals surface area (Å²) >= 11 is 0. The molecule has 3 aromatic carbocycles. The van der Waals surface area contributed by atoms with Gasteiger partial charge < -0.3 is 24.3 Å². The topological polar surface area (TPSA) is 120 Å². The molecule has 5 rings (SSSR count). The fourth-order valence-corrected chi connectivity index (χ4v) is 4.92. The average molecular weight is 623 g/mol. The minimum atomic E-state index is -1.30. The molecule has 0 saturated carbocycles. The van der Waals surface area contributed by atoms with Crippen LogP contribution in [0, 0.1) is 11.8 Å². The molecule has 2 amide bonds. The second-order valence-electron chi connectivity index (χ2n) is 10.6. The van der Waals surface area contributed by atoms with Gasteiger partial charge in [-0.25, -0.2) is 19.2 Å². The van der Waals surface area contributed by atoms with E-state index < -0.39 is 54.5 Å². The Morgan fingerprint density at radius 1 is 0.804 bits per heavy atom. The average Bonchev–Trinajstić information content (AvgIpc) is 3.42. The van der Waals surface area contributed by atoms with E-state index in [2.05, 4.69) is 24.1 Å². The quantitative estimate of drug-likeness (QED) is 0.143. The molecule has 0 aliphatic carbocycles. The van der Waals surface area contributed by atoms with Crippen molar-refractivity contribution in [2.24, 2.45) is 0 Å². The second kappa shape index (κ2) is 15.5. The van der Waals surface area contributed by atoms with Crippen LogP contribution in [0.25, 0.3) is 0 Å². The van der Waals surface area contributed by atoms with E-state index in [4.69, 9.17) is 18.9 Å². The highest BCUT2D eigenvalue weighted by Crippen LogP contribution is 2.32. The van der Waals surface area contributed by atoms with Gasteiger partial charge in [-0.3, -0.25) is 4.90 Å². The first-order valence-corrected chi connectivity index (χ1v) is 15.1. The van der Waals surface area contributed by atoms with E-state index in [1.165, 1.54) is 11.1 Å². The Morgan fingerprint density at radius 3 is 1.89 bits per heavy atom. The molecule has 2 aliphatic heterocycles.